The Balaban J connectivity index is 2.47. The van der Waals surface area contributed by atoms with Gasteiger partial charge in [0.1, 0.15) is 0 Å². The third kappa shape index (κ3) is 6.14. The molecule has 1 atom stereocenters. The molecular formula is C15H21ClN2O3. The molecule has 0 spiro atoms. The summed E-state index contributed by atoms with van der Waals surface area (Å²) in [5.41, 5.74) is 0.589. The number of nitrogens with zero attached hydrogens (tertiary/aromatic N) is 1. The molecule has 0 fully saturated rings. The Morgan fingerprint density at radius 1 is 1.38 bits per heavy atom. The third-order valence-electron chi connectivity index (χ3n) is 3.27. The fraction of sp³-hybridized carbons (Fsp3) is 0.467. The maximum Gasteiger partial charge on any atom is 0.304 e. The second-order valence-corrected chi connectivity index (χ2v) is 5.26. The predicted molar refractivity (Wildman–Crippen MR) is 83.7 cm³/mol. The average molecular weight is 313 g/mol. The number of carboxylic acid groups (broad SMARTS) is 1. The number of nitrogens with one attached hydrogen (secondary N) is 1. The maximum absolute atomic E-state index is 11.9. The molecule has 0 radical (unpaired) electrons. The molecule has 1 unspecified atom stereocenters. The molecule has 0 bridgehead atoms. The van der Waals surface area contributed by atoms with E-state index in [-0.39, 0.29) is 18.4 Å². The van der Waals surface area contributed by atoms with Gasteiger partial charge in [0.15, 0.2) is 0 Å². The SMILES string of the molecule is CCN(CCC(=O)Nc1ccccc1Cl)C(C)CC(=O)O. The van der Waals surface area contributed by atoms with Gasteiger partial charge in [0.25, 0.3) is 0 Å². The molecule has 21 heavy (non-hydrogen) atoms. The van der Waals surface area contributed by atoms with Gasteiger partial charge in [-0.3, -0.25) is 14.5 Å². The molecule has 2 N–H and O–H groups in total. The molecule has 1 aromatic carbocycles. The number of halogens is 1. The van der Waals surface area contributed by atoms with Crippen LogP contribution in [0.4, 0.5) is 5.69 Å². The van der Waals surface area contributed by atoms with E-state index in [9.17, 15) is 9.59 Å². The van der Waals surface area contributed by atoms with Gasteiger partial charge in [0.2, 0.25) is 5.91 Å². The number of hydrogen-bond donors (Lipinski definition) is 2. The molecule has 0 aliphatic rings. The minimum absolute atomic E-state index is 0.0694. The lowest BCUT2D eigenvalue weighted by molar-refractivity contribution is -0.138. The summed E-state index contributed by atoms with van der Waals surface area (Å²) in [5.74, 6) is -0.967. The van der Waals surface area contributed by atoms with E-state index in [1.807, 2.05) is 18.7 Å². The van der Waals surface area contributed by atoms with Crippen molar-refractivity contribution in [3.63, 3.8) is 0 Å². The lowest BCUT2D eigenvalue weighted by Crippen LogP contribution is -2.36. The molecule has 0 saturated heterocycles. The zero-order valence-corrected chi connectivity index (χ0v) is 13.1. The van der Waals surface area contributed by atoms with Crippen molar-refractivity contribution in [3.05, 3.63) is 29.3 Å². The Morgan fingerprint density at radius 2 is 2.05 bits per heavy atom. The average Bonchev–Trinajstić information content (AvgIpc) is 2.41. The quantitative estimate of drug-likeness (QED) is 0.774. The highest BCUT2D eigenvalue weighted by molar-refractivity contribution is 6.33. The minimum Gasteiger partial charge on any atom is -0.481 e. The number of aliphatic carboxylic acids is 1. The van der Waals surface area contributed by atoms with Crippen molar-refractivity contribution in [1.82, 2.24) is 4.90 Å². The van der Waals surface area contributed by atoms with E-state index in [1.54, 1.807) is 24.3 Å². The van der Waals surface area contributed by atoms with Crippen molar-refractivity contribution in [2.24, 2.45) is 0 Å². The highest BCUT2D eigenvalue weighted by atomic mass is 35.5. The first kappa shape index (κ1) is 17.5. The first-order chi connectivity index (χ1) is 9.93. The largest absolute Gasteiger partial charge is 0.481 e. The molecule has 0 aliphatic carbocycles. The first-order valence-electron chi connectivity index (χ1n) is 6.94. The van der Waals surface area contributed by atoms with E-state index in [2.05, 4.69) is 5.32 Å². The summed E-state index contributed by atoms with van der Waals surface area (Å²) < 4.78 is 0. The highest BCUT2D eigenvalue weighted by Gasteiger charge is 2.16. The van der Waals surface area contributed by atoms with E-state index in [1.165, 1.54) is 0 Å². The summed E-state index contributed by atoms with van der Waals surface area (Å²) in [6.45, 7) is 5.02. The van der Waals surface area contributed by atoms with E-state index in [0.717, 1.165) is 0 Å². The molecular weight excluding hydrogens is 292 g/mol. The van der Waals surface area contributed by atoms with E-state index in [4.69, 9.17) is 16.7 Å². The van der Waals surface area contributed by atoms with E-state index >= 15 is 0 Å². The van der Waals surface area contributed by atoms with Gasteiger partial charge in [-0.15, -0.1) is 0 Å². The van der Waals surface area contributed by atoms with Gasteiger partial charge in [0, 0.05) is 19.0 Å². The Morgan fingerprint density at radius 3 is 2.62 bits per heavy atom. The number of hydrogen-bond acceptors (Lipinski definition) is 3. The monoisotopic (exact) mass is 312 g/mol. The molecule has 1 rings (SSSR count). The van der Waals surface area contributed by atoms with E-state index in [0.29, 0.717) is 30.2 Å². The number of para-hydroxylation sites is 1. The topological polar surface area (TPSA) is 69.6 Å². The molecule has 0 saturated carbocycles. The smallest absolute Gasteiger partial charge is 0.304 e. The van der Waals surface area contributed by atoms with Gasteiger partial charge in [-0.25, -0.2) is 0 Å². The molecule has 0 aliphatic heterocycles. The Bertz CT molecular complexity index is 494. The normalized spacial score (nSPS) is 12.2. The van der Waals surface area contributed by atoms with Crippen LogP contribution in [0.2, 0.25) is 5.02 Å². The standard InChI is InChI=1S/C15H21ClN2O3/c1-3-18(11(2)10-15(20)21)9-8-14(19)17-13-7-5-4-6-12(13)16/h4-7,11H,3,8-10H2,1-2H3,(H,17,19)(H,20,21). The second kappa shape index (κ2) is 8.64. The summed E-state index contributed by atoms with van der Waals surface area (Å²) >= 11 is 5.98. The zero-order valence-electron chi connectivity index (χ0n) is 12.3. The molecule has 116 valence electrons. The van der Waals surface area contributed by atoms with Gasteiger partial charge < -0.3 is 10.4 Å². The number of carbonyl (C=O) groups excluding carboxylic acids is 1. The predicted octanol–water partition coefficient (Wildman–Crippen LogP) is 2.85. The number of carbonyl (C=O) groups is 2. The van der Waals surface area contributed by atoms with Gasteiger partial charge >= 0.3 is 5.97 Å². The van der Waals surface area contributed by atoms with Crippen molar-refractivity contribution < 1.29 is 14.7 Å². The molecule has 5 nitrogen and oxygen atoms in total. The van der Waals surface area contributed by atoms with Crippen LogP contribution in [0.3, 0.4) is 0 Å². The van der Waals surface area contributed by atoms with Crippen LogP contribution in [0.1, 0.15) is 26.7 Å². The fourth-order valence-electron chi connectivity index (χ4n) is 2.09. The van der Waals surface area contributed by atoms with Crippen molar-refractivity contribution in [3.8, 4) is 0 Å². The maximum atomic E-state index is 11.9. The lowest BCUT2D eigenvalue weighted by atomic mass is 10.2. The molecule has 1 aromatic rings. The van der Waals surface area contributed by atoms with E-state index < -0.39 is 5.97 Å². The Labute approximate surface area is 129 Å². The summed E-state index contributed by atoms with van der Waals surface area (Å²) in [6.07, 6.45) is 0.364. The summed E-state index contributed by atoms with van der Waals surface area (Å²) in [5, 5.41) is 12.1. The van der Waals surface area contributed by atoms with Crippen LogP contribution in [-0.4, -0.2) is 41.0 Å². The molecule has 0 heterocycles. The Hall–Kier alpha value is -1.59. The highest BCUT2D eigenvalue weighted by Crippen LogP contribution is 2.20. The van der Waals surface area contributed by atoms with Crippen LogP contribution < -0.4 is 5.32 Å². The number of anilines is 1. The van der Waals surface area contributed by atoms with Crippen molar-refractivity contribution >= 4 is 29.2 Å². The molecule has 6 heteroatoms. The summed E-state index contributed by atoms with van der Waals surface area (Å²) in [4.78, 5) is 24.6. The Kier molecular flexibility index (Phi) is 7.19. The van der Waals surface area contributed by atoms with Gasteiger partial charge in [-0.1, -0.05) is 30.7 Å². The summed E-state index contributed by atoms with van der Waals surface area (Å²) in [6, 6.07) is 6.95. The van der Waals surface area contributed by atoms with Crippen molar-refractivity contribution in [1.29, 1.82) is 0 Å². The third-order valence-corrected chi connectivity index (χ3v) is 3.60. The van der Waals surface area contributed by atoms with Crippen molar-refractivity contribution in [2.45, 2.75) is 32.7 Å². The number of carboxylic acids is 1. The summed E-state index contributed by atoms with van der Waals surface area (Å²) in [7, 11) is 0. The first-order valence-corrected chi connectivity index (χ1v) is 7.32. The van der Waals surface area contributed by atoms with Gasteiger partial charge in [-0.05, 0) is 25.6 Å². The lowest BCUT2D eigenvalue weighted by Gasteiger charge is -2.26. The fourth-order valence-corrected chi connectivity index (χ4v) is 2.28. The zero-order chi connectivity index (χ0) is 15.8. The van der Waals surface area contributed by atoms with Crippen molar-refractivity contribution in [2.75, 3.05) is 18.4 Å². The van der Waals surface area contributed by atoms with Crippen LogP contribution in [0.15, 0.2) is 24.3 Å². The molecule has 1 amide bonds. The second-order valence-electron chi connectivity index (χ2n) is 4.85. The van der Waals surface area contributed by atoms with Crippen LogP contribution in [-0.2, 0) is 9.59 Å². The number of rotatable bonds is 8. The van der Waals surface area contributed by atoms with Crippen LogP contribution in [0, 0.1) is 0 Å². The van der Waals surface area contributed by atoms with Gasteiger partial charge in [0.05, 0.1) is 17.1 Å². The minimum atomic E-state index is -0.832. The van der Waals surface area contributed by atoms with Crippen LogP contribution >= 0.6 is 11.6 Å². The number of amides is 1. The van der Waals surface area contributed by atoms with Crippen LogP contribution in [0.25, 0.3) is 0 Å². The van der Waals surface area contributed by atoms with Gasteiger partial charge in [-0.2, -0.15) is 0 Å². The number of benzene rings is 1. The molecule has 0 aromatic heterocycles. The van der Waals surface area contributed by atoms with Crippen LogP contribution in [0.5, 0.6) is 0 Å².